The van der Waals surface area contributed by atoms with Crippen LogP contribution in [-0.4, -0.2) is 49.4 Å². The average Bonchev–Trinajstić information content (AvgIpc) is 2.92. The van der Waals surface area contributed by atoms with Gasteiger partial charge in [0.05, 0.1) is 6.54 Å². The molecule has 2 N–H and O–H groups in total. The Bertz CT molecular complexity index is 622. The van der Waals surface area contributed by atoms with Crippen LogP contribution in [0, 0.1) is 23.5 Å². The summed E-state index contributed by atoms with van der Waals surface area (Å²) in [6.07, 6.45) is 0. The van der Waals surface area contributed by atoms with Crippen LogP contribution in [0.15, 0.2) is 18.2 Å². The molecule has 1 saturated heterocycles. The smallest absolute Gasteiger partial charge is 0.251 e. The highest BCUT2D eigenvalue weighted by Crippen LogP contribution is 2.24. The van der Waals surface area contributed by atoms with Gasteiger partial charge in [-0.3, -0.25) is 14.5 Å². The van der Waals surface area contributed by atoms with Crippen LogP contribution in [-0.2, 0) is 4.79 Å². The molecule has 7 heteroatoms. The lowest BCUT2D eigenvalue weighted by atomic mass is 9.91. The van der Waals surface area contributed by atoms with E-state index in [1.165, 1.54) is 6.07 Å². The molecule has 5 nitrogen and oxygen atoms in total. The van der Waals surface area contributed by atoms with E-state index < -0.39 is 17.5 Å². The minimum absolute atomic E-state index is 0.0786. The number of nitrogens with zero attached hydrogens (tertiary/aromatic N) is 1. The number of hydrogen-bond donors (Lipinski definition) is 2. The number of halogens is 2. The second-order valence-corrected chi connectivity index (χ2v) is 6.48. The van der Waals surface area contributed by atoms with E-state index in [0.717, 1.165) is 12.1 Å². The van der Waals surface area contributed by atoms with Crippen LogP contribution in [0.5, 0.6) is 0 Å². The summed E-state index contributed by atoms with van der Waals surface area (Å²) < 4.78 is 26.3. The van der Waals surface area contributed by atoms with Gasteiger partial charge in [-0.2, -0.15) is 0 Å². The Morgan fingerprint density at radius 1 is 1.25 bits per heavy atom. The molecule has 0 radical (unpaired) electrons. The second-order valence-electron chi connectivity index (χ2n) is 6.48. The molecule has 0 saturated carbocycles. The van der Waals surface area contributed by atoms with Gasteiger partial charge in [0.1, 0.15) is 0 Å². The summed E-state index contributed by atoms with van der Waals surface area (Å²) in [4.78, 5) is 25.9. The lowest BCUT2D eigenvalue weighted by Gasteiger charge is -2.23. The Kier molecular flexibility index (Phi) is 5.88. The Morgan fingerprint density at radius 2 is 1.96 bits per heavy atom. The minimum atomic E-state index is -1.05. The van der Waals surface area contributed by atoms with Gasteiger partial charge in [-0.05, 0) is 30.0 Å². The molecule has 2 atom stereocenters. The van der Waals surface area contributed by atoms with Crippen molar-refractivity contribution in [3.63, 3.8) is 0 Å². The molecule has 1 fully saturated rings. The highest BCUT2D eigenvalue weighted by molar-refractivity contribution is 5.94. The van der Waals surface area contributed by atoms with Crippen molar-refractivity contribution in [2.24, 2.45) is 11.8 Å². The van der Waals surface area contributed by atoms with Crippen molar-refractivity contribution in [3.8, 4) is 0 Å². The van der Waals surface area contributed by atoms with Gasteiger partial charge in [0.25, 0.3) is 5.91 Å². The molecule has 0 spiro atoms. The second kappa shape index (κ2) is 7.70. The summed E-state index contributed by atoms with van der Waals surface area (Å²) in [7, 11) is 1.58. The van der Waals surface area contributed by atoms with Crippen LogP contribution in [0.2, 0.25) is 0 Å². The van der Waals surface area contributed by atoms with Crippen molar-refractivity contribution in [1.29, 1.82) is 0 Å². The predicted molar refractivity (Wildman–Crippen MR) is 86.4 cm³/mol. The molecule has 0 unspecified atom stereocenters. The van der Waals surface area contributed by atoms with E-state index in [1.807, 2.05) is 4.90 Å². The third-order valence-corrected chi connectivity index (χ3v) is 4.44. The predicted octanol–water partition coefficient (Wildman–Crippen LogP) is 1.40. The molecule has 132 valence electrons. The van der Waals surface area contributed by atoms with Gasteiger partial charge in [-0.15, -0.1) is 0 Å². The standard InChI is InChI=1S/C17H23F2N3O2/c1-10(2)12-7-22(9-16(23)20-3)8-15(12)21-17(24)11-4-5-13(18)14(19)6-11/h4-6,10,12,15H,7-9H2,1-3H3,(H,20,23)(H,21,24)/t12-,15+/m1/s1. The van der Waals surface area contributed by atoms with Gasteiger partial charge < -0.3 is 10.6 Å². The zero-order valence-electron chi connectivity index (χ0n) is 14.1. The third kappa shape index (κ3) is 4.29. The Labute approximate surface area is 140 Å². The molecule has 1 heterocycles. The first kappa shape index (κ1) is 18.3. The zero-order chi connectivity index (χ0) is 17.9. The molecule has 1 aromatic rings. The number of benzene rings is 1. The van der Waals surface area contributed by atoms with E-state index in [0.29, 0.717) is 19.0 Å². The first-order chi connectivity index (χ1) is 11.3. The van der Waals surface area contributed by atoms with Crippen LogP contribution in [0.1, 0.15) is 24.2 Å². The molecule has 2 rings (SSSR count). The normalized spacial score (nSPS) is 21.1. The number of rotatable bonds is 5. The lowest BCUT2D eigenvalue weighted by Crippen LogP contribution is -2.42. The largest absolute Gasteiger partial charge is 0.358 e. The van der Waals surface area contributed by atoms with Gasteiger partial charge >= 0.3 is 0 Å². The van der Waals surface area contributed by atoms with Crippen molar-refractivity contribution in [3.05, 3.63) is 35.4 Å². The zero-order valence-corrected chi connectivity index (χ0v) is 14.1. The molecule has 0 aliphatic carbocycles. The molecular formula is C17H23F2N3O2. The summed E-state index contributed by atoms with van der Waals surface area (Å²) in [5, 5.41) is 5.48. The maximum absolute atomic E-state index is 13.3. The van der Waals surface area contributed by atoms with Gasteiger partial charge in [0, 0.05) is 31.7 Å². The van der Waals surface area contributed by atoms with Gasteiger partial charge in [-0.1, -0.05) is 13.8 Å². The van der Waals surface area contributed by atoms with E-state index >= 15 is 0 Å². The molecule has 2 amide bonds. The molecule has 1 aliphatic rings. The van der Waals surface area contributed by atoms with Crippen molar-refractivity contribution in [1.82, 2.24) is 15.5 Å². The Morgan fingerprint density at radius 3 is 2.54 bits per heavy atom. The number of carbonyl (C=O) groups is 2. The molecule has 24 heavy (non-hydrogen) atoms. The number of amides is 2. The number of likely N-dealkylation sites (N-methyl/N-ethyl adjacent to an activating group) is 1. The fourth-order valence-electron chi connectivity index (χ4n) is 3.04. The summed E-state index contributed by atoms with van der Waals surface area (Å²) in [5.41, 5.74) is 0.0844. The highest BCUT2D eigenvalue weighted by Gasteiger charge is 2.36. The maximum Gasteiger partial charge on any atom is 0.251 e. The van der Waals surface area contributed by atoms with Gasteiger partial charge in [0.2, 0.25) is 5.91 Å². The van der Waals surface area contributed by atoms with Crippen LogP contribution in [0.4, 0.5) is 8.78 Å². The van der Waals surface area contributed by atoms with Gasteiger partial charge in [-0.25, -0.2) is 8.78 Å². The summed E-state index contributed by atoms with van der Waals surface area (Å²) >= 11 is 0. The Hall–Kier alpha value is -2.02. The Balaban J connectivity index is 2.06. The van der Waals surface area contributed by atoms with Crippen LogP contribution >= 0.6 is 0 Å². The van der Waals surface area contributed by atoms with Crippen LogP contribution in [0.3, 0.4) is 0 Å². The molecular weight excluding hydrogens is 316 g/mol. The SMILES string of the molecule is CNC(=O)CN1C[C@H](NC(=O)c2ccc(F)c(F)c2)[C@@H](C(C)C)C1. The van der Waals surface area contributed by atoms with Crippen LogP contribution in [0.25, 0.3) is 0 Å². The molecule has 0 bridgehead atoms. The first-order valence-electron chi connectivity index (χ1n) is 8.00. The minimum Gasteiger partial charge on any atom is -0.358 e. The topological polar surface area (TPSA) is 61.4 Å². The number of carbonyl (C=O) groups excluding carboxylic acids is 2. The monoisotopic (exact) mass is 339 g/mol. The first-order valence-corrected chi connectivity index (χ1v) is 8.00. The van der Waals surface area contributed by atoms with Crippen molar-refractivity contribution < 1.29 is 18.4 Å². The number of nitrogens with one attached hydrogen (secondary N) is 2. The number of hydrogen-bond acceptors (Lipinski definition) is 3. The molecule has 0 aromatic heterocycles. The van der Waals surface area contributed by atoms with E-state index in [-0.39, 0.29) is 30.0 Å². The fraction of sp³-hybridized carbons (Fsp3) is 0.529. The van der Waals surface area contributed by atoms with E-state index in [1.54, 1.807) is 7.05 Å². The summed E-state index contributed by atoms with van der Waals surface area (Å²) in [6.45, 7) is 5.65. The average molecular weight is 339 g/mol. The quantitative estimate of drug-likeness (QED) is 0.852. The maximum atomic E-state index is 13.3. The fourth-order valence-corrected chi connectivity index (χ4v) is 3.04. The van der Waals surface area contributed by atoms with Gasteiger partial charge in [0.15, 0.2) is 11.6 Å². The molecule has 1 aliphatic heterocycles. The van der Waals surface area contributed by atoms with E-state index in [9.17, 15) is 18.4 Å². The third-order valence-electron chi connectivity index (χ3n) is 4.44. The summed E-state index contributed by atoms with van der Waals surface area (Å²) in [6, 6.07) is 2.95. The van der Waals surface area contributed by atoms with Crippen molar-refractivity contribution in [2.75, 3.05) is 26.7 Å². The van der Waals surface area contributed by atoms with Crippen molar-refractivity contribution in [2.45, 2.75) is 19.9 Å². The van der Waals surface area contributed by atoms with Crippen LogP contribution < -0.4 is 10.6 Å². The van der Waals surface area contributed by atoms with E-state index in [2.05, 4.69) is 24.5 Å². The molecule has 1 aromatic carbocycles. The van der Waals surface area contributed by atoms with Crippen molar-refractivity contribution >= 4 is 11.8 Å². The van der Waals surface area contributed by atoms with E-state index in [4.69, 9.17) is 0 Å². The summed E-state index contributed by atoms with van der Waals surface area (Å²) in [5.74, 6) is -2.05. The number of likely N-dealkylation sites (tertiary alicyclic amines) is 1. The highest BCUT2D eigenvalue weighted by atomic mass is 19.2. The lowest BCUT2D eigenvalue weighted by molar-refractivity contribution is -0.121.